The van der Waals surface area contributed by atoms with Crippen LogP contribution in [0.4, 0.5) is 0 Å². The molecule has 1 aliphatic heterocycles. The maximum Gasteiger partial charge on any atom is 0.331 e. The normalized spacial score (nSPS) is 18.3. The number of fused-ring (bicyclic) bond motifs is 3. The molecule has 0 spiro atoms. The van der Waals surface area contributed by atoms with Crippen LogP contribution in [0.25, 0.3) is 21.6 Å². The Morgan fingerprint density at radius 2 is 2.00 bits per heavy atom. The molecule has 0 bridgehead atoms. The van der Waals surface area contributed by atoms with Gasteiger partial charge >= 0.3 is 5.69 Å². The largest absolute Gasteiger partial charge is 0.448 e. The lowest BCUT2D eigenvalue weighted by atomic mass is 10.2. The van der Waals surface area contributed by atoms with Crippen molar-refractivity contribution in [3.8, 4) is 10.7 Å². The topological polar surface area (TPSA) is 121 Å². The number of nitrogens with zero attached hydrogens (tertiary/aromatic N) is 4. The molecule has 0 saturated carbocycles. The molecule has 186 valence electrons. The Balaban J connectivity index is 1.86. The first kappa shape index (κ1) is 24.4. The molecule has 0 fully saturated rings. The minimum Gasteiger partial charge on any atom is -0.448 e. The zero-order valence-corrected chi connectivity index (χ0v) is 22.4. The number of thiazole rings is 1. The van der Waals surface area contributed by atoms with Gasteiger partial charge in [0.15, 0.2) is 5.22 Å². The van der Waals surface area contributed by atoms with E-state index in [1.54, 1.807) is 19.2 Å². The van der Waals surface area contributed by atoms with E-state index in [-0.39, 0.29) is 17.0 Å². The summed E-state index contributed by atoms with van der Waals surface area (Å²) >= 11 is 9.00. The highest BCUT2D eigenvalue weighted by Crippen LogP contribution is 2.49. The van der Waals surface area contributed by atoms with Crippen LogP contribution in [0.15, 0.2) is 31.5 Å². The first-order valence-corrected chi connectivity index (χ1v) is 14.7. The van der Waals surface area contributed by atoms with Crippen LogP contribution in [0, 0.1) is 6.92 Å². The average molecular weight is 556 g/mol. The van der Waals surface area contributed by atoms with E-state index in [2.05, 4.69) is 9.71 Å². The summed E-state index contributed by atoms with van der Waals surface area (Å²) in [5.74, 6) is 0.541. The van der Waals surface area contributed by atoms with Crippen molar-refractivity contribution in [1.82, 2.24) is 23.4 Å². The fourth-order valence-corrected chi connectivity index (χ4v) is 7.46. The highest BCUT2D eigenvalue weighted by Gasteiger charge is 2.38. The maximum atomic E-state index is 13.5. The van der Waals surface area contributed by atoms with Gasteiger partial charge in [-0.2, -0.15) is 0 Å². The second-order valence-corrected chi connectivity index (χ2v) is 12.9. The van der Waals surface area contributed by atoms with Crippen LogP contribution in [0.2, 0.25) is 5.22 Å². The third kappa shape index (κ3) is 4.18. The van der Waals surface area contributed by atoms with Gasteiger partial charge in [-0.25, -0.2) is 22.9 Å². The summed E-state index contributed by atoms with van der Waals surface area (Å²) in [4.78, 5) is 31.1. The van der Waals surface area contributed by atoms with Gasteiger partial charge in [0.1, 0.15) is 16.0 Å². The van der Waals surface area contributed by atoms with Gasteiger partial charge < -0.3 is 8.98 Å². The van der Waals surface area contributed by atoms with E-state index >= 15 is 0 Å². The molecule has 10 nitrogen and oxygen atoms in total. The van der Waals surface area contributed by atoms with Gasteiger partial charge in [-0.1, -0.05) is 0 Å². The van der Waals surface area contributed by atoms with Crippen molar-refractivity contribution in [3.05, 3.63) is 60.7 Å². The predicted molar refractivity (Wildman–Crippen MR) is 138 cm³/mol. The lowest BCUT2D eigenvalue weighted by molar-refractivity contribution is 0.504. The molecular weight excluding hydrogens is 534 g/mol. The maximum absolute atomic E-state index is 13.5. The lowest BCUT2D eigenvalue weighted by Gasteiger charge is -2.31. The summed E-state index contributed by atoms with van der Waals surface area (Å²) < 4.78 is 36.5. The van der Waals surface area contributed by atoms with Crippen molar-refractivity contribution in [2.75, 3.05) is 12.8 Å². The van der Waals surface area contributed by atoms with E-state index in [1.807, 2.05) is 16.9 Å². The molecule has 35 heavy (non-hydrogen) atoms. The van der Waals surface area contributed by atoms with Crippen LogP contribution in [0.1, 0.15) is 22.4 Å². The Labute approximate surface area is 213 Å². The lowest BCUT2D eigenvalue weighted by Crippen LogP contribution is -2.37. The van der Waals surface area contributed by atoms with Crippen molar-refractivity contribution in [1.29, 1.82) is 0 Å². The average Bonchev–Trinajstić information content (AvgIpc) is 3.50. The van der Waals surface area contributed by atoms with E-state index in [1.165, 1.54) is 34.7 Å². The zero-order chi connectivity index (χ0) is 25.2. The van der Waals surface area contributed by atoms with Gasteiger partial charge in [0.2, 0.25) is 10.0 Å². The highest BCUT2D eigenvalue weighted by molar-refractivity contribution is 8.00. The third-order valence-corrected chi connectivity index (χ3v) is 9.20. The second-order valence-electron chi connectivity index (χ2n) is 8.47. The minimum atomic E-state index is -3.41. The van der Waals surface area contributed by atoms with Gasteiger partial charge in [0.05, 0.1) is 28.5 Å². The first-order chi connectivity index (χ1) is 16.5. The van der Waals surface area contributed by atoms with E-state index in [0.29, 0.717) is 39.6 Å². The summed E-state index contributed by atoms with van der Waals surface area (Å²) in [5.41, 5.74) is 1.77. The first-order valence-electron chi connectivity index (χ1n) is 10.6. The molecule has 0 saturated heterocycles. The molecular formula is C21H22ClN5O5S3. The number of aryl methyl sites for hydroxylation is 2. The molecule has 14 heteroatoms. The van der Waals surface area contributed by atoms with Gasteiger partial charge in [-0.05, 0) is 30.7 Å². The Morgan fingerprint density at radius 3 is 2.60 bits per heavy atom. The number of furan rings is 1. The van der Waals surface area contributed by atoms with Gasteiger partial charge in [-0.15, -0.1) is 23.1 Å². The van der Waals surface area contributed by atoms with Crippen molar-refractivity contribution in [2.45, 2.75) is 24.0 Å². The molecule has 5 rings (SSSR count). The van der Waals surface area contributed by atoms with Crippen molar-refractivity contribution >= 4 is 55.6 Å². The van der Waals surface area contributed by atoms with Gasteiger partial charge in [0.25, 0.3) is 5.56 Å². The minimum absolute atomic E-state index is 0.176. The predicted octanol–water partition coefficient (Wildman–Crippen LogP) is 2.47. The SMILES string of the molecule is Cc1csc(-c2c3c(=O)n(C)c(=O)n(C)c3c3n2C[C@@H](CNS(C)(=O)=O)S[C@@H]3c2ccc(Cl)o2)n1. The van der Waals surface area contributed by atoms with Crippen LogP contribution in [-0.2, 0) is 30.7 Å². The standard InChI is InChI=1S/C21H22ClN5O5S3/c1-10-9-33-19(24-10)16-14-15(25(2)21(29)26(3)20(14)28)17-18(12-5-6-13(22)32-12)34-11(8-27(16)17)7-23-35(4,30)31/h5-6,9,11,18,23H,7-8H2,1-4H3/t11-,18-/m1/s1. The van der Waals surface area contributed by atoms with Crippen molar-refractivity contribution in [3.63, 3.8) is 0 Å². The van der Waals surface area contributed by atoms with Crippen LogP contribution >= 0.6 is 34.7 Å². The monoisotopic (exact) mass is 555 g/mol. The number of sulfonamides is 1. The Morgan fingerprint density at radius 1 is 1.26 bits per heavy atom. The number of halogens is 1. The quantitative estimate of drug-likeness (QED) is 0.401. The van der Waals surface area contributed by atoms with Crippen LogP contribution in [-0.4, -0.2) is 45.2 Å². The summed E-state index contributed by atoms with van der Waals surface area (Å²) in [5, 5.41) is 2.50. The molecule has 4 aromatic heterocycles. The van der Waals surface area contributed by atoms with Crippen LogP contribution in [0.5, 0.6) is 0 Å². The van der Waals surface area contributed by atoms with Crippen molar-refractivity contribution < 1.29 is 12.8 Å². The number of hydrogen-bond donors (Lipinski definition) is 1. The van der Waals surface area contributed by atoms with E-state index in [0.717, 1.165) is 16.5 Å². The molecule has 0 radical (unpaired) electrons. The smallest absolute Gasteiger partial charge is 0.331 e. The number of nitrogens with one attached hydrogen (secondary N) is 1. The summed E-state index contributed by atoms with van der Waals surface area (Å²) in [7, 11) is -0.325. The van der Waals surface area contributed by atoms with Crippen molar-refractivity contribution in [2.24, 2.45) is 14.1 Å². The van der Waals surface area contributed by atoms with E-state index < -0.39 is 26.5 Å². The third-order valence-electron chi connectivity index (χ3n) is 5.91. The fraction of sp³-hybridized carbons (Fsp3) is 0.381. The summed E-state index contributed by atoms with van der Waals surface area (Å²) in [6.45, 7) is 2.45. The number of thioether (sulfide) groups is 1. The molecule has 1 N–H and O–H groups in total. The van der Waals surface area contributed by atoms with E-state index in [4.69, 9.17) is 16.0 Å². The molecule has 5 heterocycles. The number of rotatable bonds is 5. The Kier molecular flexibility index (Phi) is 6.03. The molecule has 1 aliphatic rings. The zero-order valence-electron chi connectivity index (χ0n) is 19.2. The highest BCUT2D eigenvalue weighted by atomic mass is 35.5. The Bertz CT molecular complexity index is 1690. The summed E-state index contributed by atoms with van der Waals surface area (Å²) in [6, 6.07) is 3.39. The molecule has 0 aliphatic carbocycles. The van der Waals surface area contributed by atoms with Crippen LogP contribution < -0.4 is 16.0 Å². The number of hydrogen-bond acceptors (Lipinski definition) is 8. The second kappa shape index (κ2) is 8.66. The molecule has 0 aromatic carbocycles. The molecule has 2 atom stereocenters. The molecule has 0 unspecified atom stereocenters. The summed E-state index contributed by atoms with van der Waals surface area (Å²) in [6.07, 6.45) is 1.11. The molecule has 0 amide bonds. The Hall–Kier alpha value is -2.32. The van der Waals surface area contributed by atoms with Gasteiger partial charge in [-0.3, -0.25) is 13.9 Å². The molecule has 4 aromatic rings. The van der Waals surface area contributed by atoms with E-state index in [9.17, 15) is 18.0 Å². The number of aromatic nitrogens is 4. The fourth-order valence-electron chi connectivity index (χ4n) is 4.41. The van der Waals surface area contributed by atoms with Crippen LogP contribution in [0.3, 0.4) is 0 Å². The van der Waals surface area contributed by atoms with Gasteiger partial charge in [0, 0.05) is 43.5 Å².